The van der Waals surface area contributed by atoms with Crippen LogP contribution in [0.25, 0.3) is 0 Å². The summed E-state index contributed by atoms with van der Waals surface area (Å²) in [6.07, 6.45) is 0. The Labute approximate surface area is 104 Å². The molecule has 15 heavy (non-hydrogen) atoms. The predicted octanol–water partition coefficient (Wildman–Crippen LogP) is 2.33. The molecule has 1 fully saturated rings. The van der Waals surface area contributed by atoms with Crippen molar-refractivity contribution in [2.24, 2.45) is 0 Å². The van der Waals surface area contributed by atoms with Gasteiger partial charge in [0.25, 0.3) is 0 Å². The van der Waals surface area contributed by atoms with Gasteiger partial charge in [-0.2, -0.15) is 0 Å². The Bertz CT molecular complexity index is 146. The number of hydrogen-bond acceptors (Lipinski definition) is 2. The van der Waals surface area contributed by atoms with Crippen molar-refractivity contribution < 1.29 is 0 Å². The van der Waals surface area contributed by atoms with Gasteiger partial charge < -0.3 is 9.62 Å². The van der Waals surface area contributed by atoms with Crippen LogP contribution in [0.5, 0.6) is 0 Å². The molecule has 1 heterocycles. The summed E-state index contributed by atoms with van der Waals surface area (Å²) in [7, 11) is 2.26. The predicted molar refractivity (Wildman–Crippen MR) is 72.8 cm³/mol. The van der Waals surface area contributed by atoms with Crippen LogP contribution in [0.15, 0.2) is 0 Å². The molecule has 0 aliphatic carbocycles. The fourth-order valence-corrected chi connectivity index (χ4v) is 1.32. The molecular weight excluding hydrogens is 290 g/mol. The van der Waals surface area contributed by atoms with E-state index < -0.39 is 19.8 Å². The molecule has 2 nitrogen and oxygen atoms in total. The van der Waals surface area contributed by atoms with Gasteiger partial charge in [-0.15, -0.1) is 0 Å². The van der Waals surface area contributed by atoms with Crippen molar-refractivity contribution in [2.75, 3.05) is 13.1 Å². The van der Waals surface area contributed by atoms with E-state index in [1.54, 1.807) is 0 Å². The summed E-state index contributed by atoms with van der Waals surface area (Å²) in [5.41, 5.74) is 0. The standard InChI is InChI=1S/C8H18BN2.3CH3.Sn/c1-7(2)10-5-6-11(9-10)8(3)4;;;;/h7-8H,5-6H2,1-4H3;3*1H3;. The molecule has 1 aliphatic heterocycles. The maximum absolute atomic E-state index is 2.39. The first-order valence-corrected chi connectivity index (χ1v) is 14.5. The minimum atomic E-state index is -0.543. The van der Waals surface area contributed by atoms with Gasteiger partial charge in [-0.1, -0.05) is 27.7 Å². The van der Waals surface area contributed by atoms with Gasteiger partial charge in [0.15, 0.2) is 0 Å². The van der Waals surface area contributed by atoms with E-state index in [1.165, 1.54) is 13.1 Å². The average Bonchev–Trinajstić information content (AvgIpc) is 2.49. The molecule has 0 unspecified atom stereocenters. The zero-order valence-corrected chi connectivity index (χ0v) is 14.4. The van der Waals surface area contributed by atoms with Crippen molar-refractivity contribution in [1.82, 2.24) is 9.62 Å². The van der Waals surface area contributed by atoms with Gasteiger partial charge in [-0.25, -0.2) is 0 Å². The Balaban J connectivity index is 0.000000423. The molecule has 0 bridgehead atoms. The first kappa shape index (κ1) is 15.8. The molecule has 0 N–H and O–H groups in total. The van der Waals surface area contributed by atoms with Crippen molar-refractivity contribution in [2.45, 2.75) is 54.6 Å². The van der Waals surface area contributed by atoms with Gasteiger partial charge in [0.05, 0.1) is 0 Å². The van der Waals surface area contributed by atoms with E-state index in [1.807, 2.05) is 0 Å². The molecule has 0 aromatic heterocycles. The van der Waals surface area contributed by atoms with Crippen molar-refractivity contribution in [3.05, 3.63) is 0 Å². The van der Waals surface area contributed by atoms with Gasteiger partial charge in [0.2, 0.25) is 0 Å². The molecule has 0 aromatic rings. The molecule has 0 saturated carbocycles. The molecule has 2 radical (unpaired) electrons. The zero-order valence-electron chi connectivity index (χ0n) is 11.5. The number of nitrogens with zero attached hydrogens (tertiary/aromatic N) is 2. The van der Waals surface area contributed by atoms with Crippen LogP contribution in [0.1, 0.15) is 27.7 Å². The van der Waals surface area contributed by atoms with Crippen LogP contribution >= 0.6 is 0 Å². The summed E-state index contributed by atoms with van der Waals surface area (Å²) in [5.74, 6) is 0. The Hall–Kier alpha value is 0.784. The Kier molecular flexibility index (Phi) is 8.38. The fourth-order valence-electron chi connectivity index (χ4n) is 1.32. The fraction of sp³-hybridized carbons (Fsp3) is 1.00. The van der Waals surface area contributed by atoms with E-state index >= 15 is 0 Å². The first-order valence-electron chi connectivity index (χ1n) is 5.97. The third kappa shape index (κ3) is 7.64. The van der Waals surface area contributed by atoms with Gasteiger partial charge in [0.1, 0.15) is 0 Å². The first-order chi connectivity index (χ1) is 6.84. The second-order valence-electron chi connectivity index (χ2n) is 5.28. The second kappa shape index (κ2) is 7.96. The van der Waals surface area contributed by atoms with Crippen molar-refractivity contribution >= 4 is 27.3 Å². The molecule has 0 spiro atoms. The third-order valence-electron chi connectivity index (χ3n) is 2.24. The van der Waals surface area contributed by atoms with Gasteiger partial charge in [0, 0.05) is 13.1 Å². The molecular formula is C11H27BN2Sn. The summed E-state index contributed by atoms with van der Waals surface area (Å²) in [5, 5.41) is 0. The van der Waals surface area contributed by atoms with E-state index in [0.29, 0.717) is 12.1 Å². The monoisotopic (exact) mass is 318 g/mol. The van der Waals surface area contributed by atoms with Gasteiger partial charge in [-0.05, 0) is 12.1 Å². The molecule has 88 valence electrons. The summed E-state index contributed by atoms with van der Waals surface area (Å²) < 4.78 is 0. The topological polar surface area (TPSA) is 6.48 Å². The number of hydrogen-bond donors (Lipinski definition) is 0. The Morgan fingerprint density at radius 3 is 1.27 bits per heavy atom. The Morgan fingerprint density at radius 2 is 1.13 bits per heavy atom. The molecule has 0 aromatic carbocycles. The van der Waals surface area contributed by atoms with E-state index in [9.17, 15) is 0 Å². The molecule has 0 atom stereocenters. The third-order valence-corrected chi connectivity index (χ3v) is 2.24. The quantitative estimate of drug-likeness (QED) is 0.722. The van der Waals surface area contributed by atoms with E-state index in [2.05, 4.69) is 59.7 Å². The average molecular weight is 317 g/mol. The molecule has 4 heteroatoms. The minimum absolute atomic E-state index is 0.543. The van der Waals surface area contributed by atoms with Crippen LogP contribution in [0.3, 0.4) is 0 Å². The number of rotatable bonds is 2. The van der Waals surface area contributed by atoms with Crippen LogP contribution in [0.4, 0.5) is 0 Å². The Morgan fingerprint density at radius 1 is 0.867 bits per heavy atom. The van der Waals surface area contributed by atoms with E-state index in [4.69, 9.17) is 0 Å². The molecule has 1 aliphatic rings. The van der Waals surface area contributed by atoms with Crippen molar-refractivity contribution in [3.63, 3.8) is 0 Å². The van der Waals surface area contributed by atoms with Crippen LogP contribution in [0.2, 0.25) is 14.8 Å². The van der Waals surface area contributed by atoms with Crippen molar-refractivity contribution in [3.8, 4) is 0 Å². The SMILES string of the molecule is CC(C)N1[B]N(C(C)C)CC1.[CH3][Sn]([CH3])[CH3]. The van der Waals surface area contributed by atoms with Gasteiger partial charge >= 0.3 is 42.1 Å². The van der Waals surface area contributed by atoms with Crippen LogP contribution in [-0.4, -0.2) is 62.1 Å². The van der Waals surface area contributed by atoms with E-state index in [-0.39, 0.29) is 0 Å². The van der Waals surface area contributed by atoms with Crippen molar-refractivity contribution in [1.29, 1.82) is 0 Å². The van der Waals surface area contributed by atoms with Crippen LogP contribution < -0.4 is 0 Å². The molecule has 1 saturated heterocycles. The summed E-state index contributed by atoms with van der Waals surface area (Å²) in [4.78, 5) is 11.9. The summed E-state index contributed by atoms with van der Waals surface area (Å²) in [6, 6.07) is 1.30. The van der Waals surface area contributed by atoms with Crippen LogP contribution in [0, 0.1) is 0 Å². The summed E-state index contributed by atoms with van der Waals surface area (Å²) in [6.45, 7) is 11.3. The van der Waals surface area contributed by atoms with Crippen LogP contribution in [-0.2, 0) is 0 Å². The second-order valence-corrected chi connectivity index (χ2v) is 13.8. The normalized spacial score (nSPS) is 18.3. The molecule has 1 rings (SSSR count). The maximum atomic E-state index is 2.39. The van der Waals surface area contributed by atoms with Gasteiger partial charge in [-0.3, -0.25) is 0 Å². The zero-order chi connectivity index (χ0) is 12.0. The van der Waals surface area contributed by atoms with E-state index in [0.717, 1.165) is 0 Å². The molecule has 0 amide bonds. The summed E-state index contributed by atoms with van der Waals surface area (Å²) >= 11 is -0.543.